The Labute approximate surface area is 42.7 Å². The molecule has 0 saturated heterocycles. The Kier molecular flexibility index (Phi) is 0.828. The number of aromatic nitrogens is 2. The average molecular weight is 119 g/mol. The maximum atomic E-state index is 10.1. The van der Waals surface area contributed by atoms with Crippen LogP contribution >= 0.6 is 11.7 Å². The summed E-state index contributed by atoms with van der Waals surface area (Å²) in [6.45, 7) is 0. The molecule has 0 spiro atoms. The molecule has 0 aromatic carbocycles. The lowest BCUT2D eigenvalue weighted by molar-refractivity contribution is -0.312. The number of aromatic amines is 2. The minimum atomic E-state index is -0.468. The standard InChI is InChI=1S/C2H2N2O2S/c5-1-2(6)4-7-3-1/h(H,3,5)(H,4,6)/p+1. The number of H-pyrrole nitrogens is 2. The molecule has 1 rings (SSSR count). The summed E-state index contributed by atoms with van der Waals surface area (Å²) < 4.78 is 4.55. The molecule has 0 saturated carbocycles. The van der Waals surface area contributed by atoms with Gasteiger partial charge in [0.05, 0.1) is 0 Å². The molecule has 1 aromatic rings. The van der Waals surface area contributed by atoms with Crippen molar-refractivity contribution in [2.75, 3.05) is 0 Å². The van der Waals surface area contributed by atoms with Crippen LogP contribution in [0.2, 0.25) is 0 Å². The fraction of sp³-hybridized carbons (Fsp3) is 0. The summed E-state index contributed by atoms with van der Waals surface area (Å²) in [5, 5.41) is 8.37. The average Bonchev–Trinajstić information content (AvgIpc) is 1.91. The van der Waals surface area contributed by atoms with Crippen LogP contribution in [0.4, 0.5) is 0 Å². The number of aromatic hydroxyl groups is 1. The van der Waals surface area contributed by atoms with Gasteiger partial charge in [0.25, 0.3) is 0 Å². The Balaban J connectivity index is 3.39. The van der Waals surface area contributed by atoms with Gasteiger partial charge in [0.15, 0.2) is 0 Å². The van der Waals surface area contributed by atoms with Gasteiger partial charge in [0.1, 0.15) is 0 Å². The summed E-state index contributed by atoms with van der Waals surface area (Å²) >= 11 is 0.954. The highest BCUT2D eigenvalue weighted by atomic mass is 32.1. The molecule has 0 aliphatic rings. The minimum absolute atomic E-state index is 0.329. The zero-order chi connectivity index (χ0) is 5.28. The van der Waals surface area contributed by atoms with Crippen molar-refractivity contribution in [3.05, 3.63) is 10.4 Å². The second-order valence-corrected chi connectivity index (χ2v) is 1.60. The summed E-state index contributed by atoms with van der Waals surface area (Å²) in [6.07, 6.45) is 0. The predicted molar refractivity (Wildman–Crippen MR) is 23.2 cm³/mol. The molecule has 0 radical (unpaired) electrons. The highest BCUT2D eigenvalue weighted by Gasteiger charge is 2.01. The Morgan fingerprint density at radius 2 is 2.57 bits per heavy atom. The van der Waals surface area contributed by atoms with E-state index in [1.165, 1.54) is 0 Å². The van der Waals surface area contributed by atoms with Gasteiger partial charge in [-0.1, -0.05) is 0 Å². The van der Waals surface area contributed by atoms with E-state index in [2.05, 4.69) is 8.75 Å². The van der Waals surface area contributed by atoms with Gasteiger partial charge in [-0.05, 0) is 0 Å². The Morgan fingerprint density at radius 1 is 1.86 bits per heavy atom. The van der Waals surface area contributed by atoms with Crippen molar-refractivity contribution in [3.63, 3.8) is 0 Å². The molecule has 0 fully saturated rings. The molecule has 5 heteroatoms. The first-order valence-electron chi connectivity index (χ1n) is 1.59. The van der Waals surface area contributed by atoms with Crippen molar-refractivity contribution in [1.29, 1.82) is 0 Å². The molecule has 0 amide bonds. The van der Waals surface area contributed by atoms with Gasteiger partial charge in [-0.25, -0.2) is 4.79 Å². The van der Waals surface area contributed by atoms with Crippen LogP contribution < -0.4 is 9.93 Å². The molecule has 7 heavy (non-hydrogen) atoms. The molecule has 0 aliphatic heterocycles. The Bertz CT molecular complexity index is 201. The zero-order valence-corrected chi connectivity index (χ0v) is 4.08. The van der Waals surface area contributed by atoms with Crippen LogP contribution in [-0.2, 0) is 0 Å². The molecule has 0 bridgehead atoms. The highest BCUT2D eigenvalue weighted by molar-refractivity contribution is 6.94. The van der Waals surface area contributed by atoms with E-state index in [4.69, 9.17) is 5.11 Å². The van der Waals surface area contributed by atoms with Crippen LogP contribution in [-0.4, -0.2) is 9.48 Å². The number of hydrogen-bond donors (Lipinski definition) is 2. The molecule has 1 aromatic heterocycles. The van der Waals surface area contributed by atoms with Gasteiger partial charge in [-0.2, -0.15) is 4.37 Å². The minimum Gasteiger partial charge on any atom is -0.471 e. The normalized spacial score (nSPS) is 9.14. The second-order valence-electron chi connectivity index (χ2n) is 0.984. The van der Waals surface area contributed by atoms with Gasteiger partial charge >= 0.3 is 11.4 Å². The van der Waals surface area contributed by atoms with Crippen LogP contribution in [0.25, 0.3) is 0 Å². The fourth-order valence-corrected chi connectivity index (χ4v) is 0.645. The molecule has 38 valence electrons. The van der Waals surface area contributed by atoms with Crippen molar-refractivity contribution >= 4 is 11.7 Å². The lowest BCUT2D eigenvalue weighted by Gasteiger charge is -1.58. The van der Waals surface area contributed by atoms with Crippen LogP contribution in [0.1, 0.15) is 0 Å². The van der Waals surface area contributed by atoms with Crippen LogP contribution in [0.5, 0.6) is 5.88 Å². The molecule has 1 heterocycles. The van der Waals surface area contributed by atoms with E-state index in [9.17, 15) is 4.79 Å². The smallest absolute Gasteiger partial charge is 0.428 e. The number of rotatable bonds is 0. The van der Waals surface area contributed by atoms with Crippen LogP contribution in [0.15, 0.2) is 4.79 Å². The molecule has 4 nitrogen and oxygen atoms in total. The second kappa shape index (κ2) is 1.34. The number of nitrogens with one attached hydrogen (secondary N) is 2. The topological polar surface area (TPSA) is 67.2 Å². The lowest BCUT2D eigenvalue weighted by Crippen LogP contribution is -2.00. The first kappa shape index (κ1) is 4.32. The van der Waals surface area contributed by atoms with Crippen molar-refractivity contribution in [3.8, 4) is 5.88 Å². The summed E-state index contributed by atoms with van der Waals surface area (Å²) in [7, 11) is 0. The van der Waals surface area contributed by atoms with Gasteiger partial charge < -0.3 is 5.11 Å². The number of hydrogen-bond acceptors (Lipinski definition) is 3. The summed E-state index contributed by atoms with van der Waals surface area (Å²) in [5.41, 5.74) is -0.468. The van der Waals surface area contributed by atoms with E-state index in [1.807, 2.05) is 0 Å². The summed E-state index contributed by atoms with van der Waals surface area (Å²) in [5.74, 6) is -0.329. The maximum absolute atomic E-state index is 10.1. The molecule has 0 aliphatic carbocycles. The highest BCUT2D eigenvalue weighted by Crippen LogP contribution is 1.80. The summed E-state index contributed by atoms with van der Waals surface area (Å²) in [4.78, 5) is 10.1. The van der Waals surface area contributed by atoms with Gasteiger partial charge in [0.2, 0.25) is 11.7 Å². The fourth-order valence-electron chi connectivity index (χ4n) is 0.215. The Morgan fingerprint density at radius 3 is 2.71 bits per heavy atom. The third-order valence-electron chi connectivity index (χ3n) is 0.507. The first-order valence-corrected chi connectivity index (χ1v) is 2.40. The molecule has 3 N–H and O–H groups in total. The van der Waals surface area contributed by atoms with Crippen LogP contribution in [0.3, 0.4) is 0 Å². The molecular formula is C2H3N2O2S+. The molecule has 0 unspecified atom stereocenters. The van der Waals surface area contributed by atoms with E-state index < -0.39 is 5.56 Å². The van der Waals surface area contributed by atoms with Gasteiger partial charge in [0, 0.05) is 0 Å². The van der Waals surface area contributed by atoms with E-state index in [0.29, 0.717) is 0 Å². The van der Waals surface area contributed by atoms with Crippen molar-refractivity contribution < 1.29 is 9.48 Å². The van der Waals surface area contributed by atoms with Gasteiger partial charge in [-0.3, -0.25) is 0 Å². The SMILES string of the molecule is O=c1[nH]s[nH+]c1O. The van der Waals surface area contributed by atoms with Gasteiger partial charge in [-0.15, -0.1) is 4.37 Å². The Hall–Kier alpha value is -0.840. The third-order valence-corrected chi connectivity index (χ3v) is 1.09. The largest absolute Gasteiger partial charge is 0.471 e. The van der Waals surface area contributed by atoms with Crippen LogP contribution in [0, 0.1) is 0 Å². The third kappa shape index (κ3) is 0.614. The van der Waals surface area contributed by atoms with Crippen molar-refractivity contribution in [2.24, 2.45) is 0 Å². The summed E-state index contributed by atoms with van der Waals surface area (Å²) in [6, 6.07) is 0. The van der Waals surface area contributed by atoms with Crippen molar-refractivity contribution in [2.45, 2.75) is 0 Å². The van der Waals surface area contributed by atoms with Crippen molar-refractivity contribution in [1.82, 2.24) is 4.37 Å². The van der Waals surface area contributed by atoms with E-state index >= 15 is 0 Å². The van der Waals surface area contributed by atoms with E-state index in [0.717, 1.165) is 11.7 Å². The lowest BCUT2D eigenvalue weighted by atomic mass is 10.8. The maximum Gasteiger partial charge on any atom is 0.428 e. The zero-order valence-electron chi connectivity index (χ0n) is 3.26. The van der Waals surface area contributed by atoms with E-state index in [-0.39, 0.29) is 5.88 Å². The molecule has 0 atom stereocenters. The molecular weight excluding hydrogens is 116 g/mol. The van der Waals surface area contributed by atoms with E-state index in [1.54, 1.807) is 0 Å². The monoisotopic (exact) mass is 119 g/mol. The first-order chi connectivity index (χ1) is 3.30. The predicted octanol–water partition coefficient (Wildman–Crippen LogP) is -1.04. The quantitative estimate of drug-likeness (QED) is 0.458.